The normalized spacial score (nSPS) is 26.1. The van der Waals surface area contributed by atoms with Crippen LogP contribution >= 0.6 is 46.7 Å². The van der Waals surface area contributed by atoms with Crippen LogP contribution in [0.5, 0.6) is 0 Å². The van der Waals surface area contributed by atoms with E-state index in [2.05, 4.69) is 31.3 Å². The van der Waals surface area contributed by atoms with Crippen molar-refractivity contribution < 1.29 is 71.6 Å². The summed E-state index contributed by atoms with van der Waals surface area (Å²) >= 11 is 8.71. The molecule has 8 fully saturated rings. The number of thiazole rings is 2. The number of anilines is 2. The first-order chi connectivity index (χ1) is 40.1. The number of carbonyl (C=O) groups excluding carboxylic acids is 9. The van der Waals surface area contributed by atoms with Gasteiger partial charge in [-0.05, 0) is 166 Å². The van der Waals surface area contributed by atoms with E-state index < -0.39 is 70.7 Å². The van der Waals surface area contributed by atoms with Gasteiger partial charge in [-0.25, -0.2) is 48.5 Å². The third kappa shape index (κ3) is 20.2. The first kappa shape index (κ1) is 72.2. The Labute approximate surface area is 530 Å². The minimum absolute atomic E-state index is 0. The van der Waals surface area contributed by atoms with E-state index in [9.17, 15) is 43.2 Å². The van der Waals surface area contributed by atoms with Crippen molar-refractivity contribution in [1.82, 2.24) is 34.9 Å². The zero-order chi connectivity index (χ0) is 64.0. The lowest BCUT2D eigenvalue weighted by atomic mass is 10.1. The molecule has 0 radical (unpaired) electrons. The van der Waals surface area contributed by atoms with Crippen molar-refractivity contribution in [2.75, 3.05) is 43.8 Å². The lowest BCUT2D eigenvalue weighted by Crippen LogP contribution is -2.46. The van der Waals surface area contributed by atoms with E-state index in [1.807, 2.05) is 65.9 Å². The van der Waals surface area contributed by atoms with Gasteiger partial charge in [0, 0.05) is 55.8 Å². The Morgan fingerprint density at radius 2 is 1.00 bits per heavy atom. The van der Waals surface area contributed by atoms with Crippen LogP contribution in [0, 0.1) is 17.8 Å². The van der Waals surface area contributed by atoms with Crippen molar-refractivity contribution in [2.45, 2.75) is 232 Å². The van der Waals surface area contributed by atoms with Crippen LogP contribution in [0.4, 0.5) is 29.4 Å². The predicted molar refractivity (Wildman–Crippen MR) is 330 cm³/mol. The van der Waals surface area contributed by atoms with Crippen LogP contribution in [0.1, 0.15) is 185 Å². The molecule has 28 heteroatoms. The molecule has 0 unspecified atom stereocenters. The number of ketones is 1. The van der Waals surface area contributed by atoms with Crippen LogP contribution in [-0.4, -0.2) is 175 Å². The van der Waals surface area contributed by atoms with Gasteiger partial charge in [-0.2, -0.15) is 0 Å². The number of alkyl halides is 1. The Balaban J connectivity index is 0.000000199. The average molecular weight is 1300 g/mol. The van der Waals surface area contributed by atoms with Gasteiger partial charge in [0.05, 0.1) is 42.6 Å². The average Bonchev–Trinajstić information content (AvgIpc) is 1.68. The lowest BCUT2D eigenvalue weighted by molar-refractivity contribution is -0.151. The number of likely N-dealkylation sites (tertiary alicyclic amines) is 4. The number of Topliss-reactive ketones (excluding diaryl/α,β-unsaturated/α-hetero) is 1. The molecule has 10 rings (SSSR count). The Kier molecular flexibility index (Phi) is 24.7. The fourth-order valence-electron chi connectivity index (χ4n) is 10.7. The molecule has 7 heterocycles. The summed E-state index contributed by atoms with van der Waals surface area (Å²) in [4.78, 5) is 121. The van der Waals surface area contributed by atoms with Gasteiger partial charge in [-0.15, -0.1) is 46.7 Å². The number of hydrogen-bond donors (Lipinski definition) is 3. The summed E-state index contributed by atoms with van der Waals surface area (Å²) in [6.45, 7) is 25.4. The van der Waals surface area contributed by atoms with Gasteiger partial charge in [-0.1, -0.05) is 0 Å². The minimum atomic E-state index is -0.854. The van der Waals surface area contributed by atoms with Crippen molar-refractivity contribution >= 4 is 111 Å². The molecule has 3 saturated carbocycles. The summed E-state index contributed by atoms with van der Waals surface area (Å²) in [7, 11) is 3.78. The molecule has 5 saturated heterocycles. The molecule has 0 aromatic carbocycles. The standard InChI is InChI=1S/C14H21N3O2S.C13H21NO4.C12H19NO5.C11H16ClNO4.C9H13N3S.ClH/c1-14(2,3)19-13(18)17-10-5-8(10)6-11(17)9-7-20-12(15-4)16-9;1-5-17-11(15)10-7-8-6-9(8)14(10)12(16)18-13(2,3)4;1-5-17-10(15)8-6-7-9(14)13(8)11(16)18-12(2,3)4;1-11(2,3)17-10(16)13-7(8(14)6-12)4-5-9(13)15;1-10-9-12-8(4-13-9)7-3-5-2-6(5)11-7;/h7-8,10-11H,5-6H2,1-4H3,(H,15,16);8-10H,5-7H2,1-4H3;8H,5-7H2,1-4H3;7H,4-6H2,1-3H3;4-7,11H,2-3H2,1H3,(H,10,12);1H/t8-,10-,11-;8-,9-,10-;8-;7-;5-,6-,7-;/m11111./s1. The van der Waals surface area contributed by atoms with Gasteiger partial charge in [0.2, 0.25) is 11.8 Å². The maximum atomic E-state index is 12.4. The van der Waals surface area contributed by atoms with Gasteiger partial charge in [0.25, 0.3) is 0 Å². The monoisotopic (exact) mass is 1300 g/mol. The van der Waals surface area contributed by atoms with Gasteiger partial charge in [0.1, 0.15) is 40.5 Å². The minimum Gasteiger partial charge on any atom is -0.464 e. The van der Waals surface area contributed by atoms with E-state index in [0.717, 1.165) is 57.0 Å². The second kappa shape index (κ2) is 29.8. The number of imide groups is 2. The van der Waals surface area contributed by atoms with Crippen molar-refractivity contribution in [1.29, 1.82) is 0 Å². The van der Waals surface area contributed by atoms with Crippen LogP contribution in [-0.2, 0) is 52.4 Å². The van der Waals surface area contributed by atoms with E-state index in [4.69, 9.17) is 40.0 Å². The third-order valence-corrected chi connectivity index (χ3v) is 16.7. The van der Waals surface area contributed by atoms with Gasteiger partial charge in [0.15, 0.2) is 16.0 Å². The highest BCUT2D eigenvalue weighted by Gasteiger charge is 2.58. The largest absolute Gasteiger partial charge is 0.464 e. The molecule has 2 aromatic rings. The number of nitrogens with one attached hydrogen (secondary N) is 3. The Morgan fingerprint density at radius 3 is 1.45 bits per heavy atom. The predicted octanol–water partition coefficient (Wildman–Crippen LogP) is 10.4. The molecule has 6 amide bonds. The summed E-state index contributed by atoms with van der Waals surface area (Å²) in [5.41, 5.74) is -0.192. The number of fused-ring (bicyclic) bond motifs is 3. The number of esters is 2. The third-order valence-electron chi connectivity index (χ3n) is 14.7. The van der Waals surface area contributed by atoms with Gasteiger partial charge in [-0.3, -0.25) is 24.2 Å². The van der Waals surface area contributed by atoms with Crippen LogP contribution < -0.4 is 16.0 Å². The summed E-state index contributed by atoms with van der Waals surface area (Å²) in [6.07, 6.45) is 5.27. The highest BCUT2D eigenvalue weighted by Crippen LogP contribution is 2.54. The molecule has 0 bridgehead atoms. The van der Waals surface area contributed by atoms with Gasteiger partial charge < -0.3 is 44.4 Å². The molecular weight excluding hydrogens is 1210 g/mol. The van der Waals surface area contributed by atoms with Gasteiger partial charge >= 0.3 is 36.3 Å². The number of piperidine rings is 3. The zero-order valence-electron chi connectivity index (χ0n) is 53.1. The Hall–Kier alpha value is -5.57. The molecule has 24 nitrogen and oxygen atoms in total. The molecule has 87 heavy (non-hydrogen) atoms. The van der Waals surface area contributed by atoms with Crippen molar-refractivity contribution in [3.63, 3.8) is 0 Å². The molecule has 3 aliphatic carbocycles. The van der Waals surface area contributed by atoms with E-state index in [1.165, 1.54) is 18.5 Å². The first-order valence-electron chi connectivity index (χ1n) is 29.7. The number of halogens is 2. The molecule has 11 atom stereocenters. The second-order valence-corrected chi connectivity index (χ2v) is 28.3. The Morgan fingerprint density at radius 1 is 0.575 bits per heavy atom. The van der Waals surface area contributed by atoms with Crippen LogP contribution in [0.3, 0.4) is 0 Å². The molecule has 3 N–H and O–H groups in total. The number of ether oxygens (including phenoxy) is 6. The highest BCUT2D eigenvalue weighted by molar-refractivity contribution is 7.14. The number of aromatic nitrogens is 2. The molecular formula is C59H91Cl2N9O15S2. The summed E-state index contributed by atoms with van der Waals surface area (Å²) < 4.78 is 31.0. The van der Waals surface area contributed by atoms with Crippen molar-refractivity contribution in [3.05, 3.63) is 22.1 Å². The van der Waals surface area contributed by atoms with E-state index >= 15 is 0 Å². The quantitative estimate of drug-likeness (QED) is 0.113. The Bertz CT molecular complexity index is 2770. The summed E-state index contributed by atoms with van der Waals surface area (Å²) in [5, 5.41) is 15.8. The van der Waals surface area contributed by atoms with Crippen LogP contribution in [0.15, 0.2) is 10.8 Å². The van der Waals surface area contributed by atoms with Crippen molar-refractivity contribution in [3.8, 4) is 0 Å². The van der Waals surface area contributed by atoms with Crippen LogP contribution in [0.2, 0.25) is 0 Å². The summed E-state index contributed by atoms with van der Waals surface area (Å²) in [6, 6.07) is -0.131. The molecule has 2 aromatic heterocycles. The van der Waals surface area contributed by atoms with Crippen molar-refractivity contribution in [2.24, 2.45) is 17.8 Å². The lowest BCUT2D eigenvalue weighted by Gasteiger charge is -2.29. The zero-order valence-corrected chi connectivity index (χ0v) is 56.3. The number of rotatable bonds is 10. The molecule has 5 aliphatic heterocycles. The van der Waals surface area contributed by atoms with E-state index in [0.29, 0.717) is 43.4 Å². The molecule has 488 valence electrons. The SMILES string of the molecule is CC(C)(C)OC(=O)N1C(=O)CC[C@@H]1C(=O)CCl.CCOC(=O)[C@H]1CCC(=O)N1C(=O)OC(C)(C)C.CCOC(=O)[C@H]1C[C@H]2C[C@H]2N1C(=O)OC(C)(C)C.CNc1nc([C@H]2C[C@H]3C[C@H]3N2)cs1.CNc1nc([C@H]2C[C@H]3C[C@H]3N2C(=O)OC(C)(C)C)cs1.Cl. The van der Waals surface area contributed by atoms with E-state index in [-0.39, 0.29) is 80.0 Å². The fraction of sp³-hybridized carbons (Fsp3) is 0.746. The van der Waals surface area contributed by atoms with E-state index in [1.54, 1.807) is 83.0 Å². The number of carbonyl (C=O) groups is 9. The molecule has 0 spiro atoms. The highest BCUT2D eigenvalue weighted by atomic mass is 35.5. The second-order valence-electron chi connectivity index (χ2n) is 26.3. The number of amides is 6. The number of hydrogen-bond acceptors (Lipinski definition) is 22. The van der Waals surface area contributed by atoms with Crippen LogP contribution in [0.25, 0.3) is 0 Å². The summed E-state index contributed by atoms with van der Waals surface area (Å²) in [5.74, 6) is -0.167. The molecule has 8 aliphatic rings. The fourth-order valence-corrected chi connectivity index (χ4v) is 12.4. The maximum absolute atomic E-state index is 12.4. The topological polar surface area (TPSA) is 284 Å². The smallest absolute Gasteiger partial charge is 0.417 e. The number of nitrogens with zero attached hydrogens (tertiary/aromatic N) is 6. The maximum Gasteiger partial charge on any atom is 0.417 e. The first-order valence-corrected chi connectivity index (χ1v) is 32.0.